The zero-order valence-corrected chi connectivity index (χ0v) is 15.0. The molecule has 1 aliphatic rings. The number of amides is 1. The zero-order valence-electron chi connectivity index (χ0n) is 15.0. The van der Waals surface area contributed by atoms with Gasteiger partial charge in [-0.25, -0.2) is 9.67 Å². The minimum atomic E-state index is -0.762. The van der Waals surface area contributed by atoms with Crippen LogP contribution in [0.3, 0.4) is 0 Å². The molecule has 3 rings (SSSR count). The van der Waals surface area contributed by atoms with Crippen molar-refractivity contribution in [3.8, 4) is 5.69 Å². The highest BCUT2D eigenvalue weighted by atomic mass is 16.3. The van der Waals surface area contributed by atoms with E-state index in [1.54, 1.807) is 16.8 Å². The van der Waals surface area contributed by atoms with Crippen molar-refractivity contribution in [2.24, 2.45) is 0 Å². The first-order valence-corrected chi connectivity index (χ1v) is 8.98. The summed E-state index contributed by atoms with van der Waals surface area (Å²) in [5.74, 6) is 1.37. The van der Waals surface area contributed by atoms with Crippen molar-refractivity contribution in [3.05, 3.63) is 41.5 Å². The second kappa shape index (κ2) is 7.35. The Bertz CT molecular complexity index is 728. The normalized spacial score (nSPS) is 17.1. The molecule has 6 nitrogen and oxygen atoms in total. The lowest BCUT2D eigenvalue weighted by Crippen LogP contribution is -2.42. The van der Waals surface area contributed by atoms with E-state index in [0.717, 1.165) is 43.0 Å². The fraction of sp³-hybridized carbons (Fsp3) is 0.526. The first-order chi connectivity index (χ1) is 12.0. The van der Waals surface area contributed by atoms with Crippen LogP contribution in [0.2, 0.25) is 0 Å². The molecule has 0 aliphatic heterocycles. The molecule has 0 unspecified atom stereocenters. The second-order valence-corrected chi connectivity index (χ2v) is 6.99. The van der Waals surface area contributed by atoms with Crippen LogP contribution in [0.25, 0.3) is 5.69 Å². The predicted octanol–water partition coefficient (Wildman–Crippen LogP) is 2.70. The van der Waals surface area contributed by atoms with Crippen molar-refractivity contribution in [3.63, 3.8) is 0 Å². The van der Waals surface area contributed by atoms with Crippen LogP contribution in [0.5, 0.6) is 0 Å². The maximum absolute atomic E-state index is 12.4. The van der Waals surface area contributed by atoms with Gasteiger partial charge in [-0.1, -0.05) is 25.7 Å². The second-order valence-electron chi connectivity index (χ2n) is 6.99. The van der Waals surface area contributed by atoms with Crippen molar-refractivity contribution in [1.29, 1.82) is 0 Å². The maximum Gasteiger partial charge on any atom is 0.251 e. The van der Waals surface area contributed by atoms with Crippen LogP contribution in [0.1, 0.15) is 60.5 Å². The summed E-state index contributed by atoms with van der Waals surface area (Å²) >= 11 is 0. The summed E-state index contributed by atoms with van der Waals surface area (Å²) in [7, 11) is 0. The molecule has 0 atom stereocenters. The van der Waals surface area contributed by atoms with Crippen molar-refractivity contribution >= 4 is 5.91 Å². The largest absolute Gasteiger partial charge is 0.388 e. The van der Waals surface area contributed by atoms with E-state index < -0.39 is 5.60 Å². The number of benzene rings is 1. The predicted molar refractivity (Wildman–Crippen MR) is 95.8 cm³/mol. The maximum atomic E-state index is 12.4. The summed E-state index contributed by atoms with van der Waals surface area (Å²) in [6.07, 6.45) is 5.90. The first kappa shape index (κ1) is 17.6. The highest BCUT2D eigenvalue weighted by Gasteiger charge is 2.28. The Morgan fingerprint density at radius 1 is 1.16 bits per heavy atom. The van der Waals surface area contributed by atoms with Crippen LogP contribution in [0.15, 0.2) is 24.3 Å². The molecular weight excluding hydrogens is 316 g/mol. The number of rotatable bonds is 4. The monoisotopic (exact) mass is 342 g/mol. The van der Waals surface area contributed by atoms with E-state index in [1.807, 2.05) is 26.0 Å². The third kappa shape index (κ3) is 4.25. The van der Waals surface area contributed by atoms with Crippen molar-refractivity contribution < 1.29 is 9.90 Å². The van der Waals surface area contributed by atoms with Crippen LogP contribution in [-0.2, 0) is 0 Å². The van der Waals surface area contributed by atoms with Gasteiger partial charge < -0.3 is 10.4 Å². The number of carbonyl (C=O) groups excluding carboxylic acids is 1. The Balaban J connectivity index is 1.63. The third-order valence-corrected chi connectivity index (χ3v) is 4.86. The number of aromatic nitrogens is 3. The Morgan fingerprint density at radius 2 is 1.80 bits per heavy atom. The number of hydrogen-bond donors (Lipinski definition) is 2. The molecule has 134 valence electrons. The average molecular weight is 342 g/mol. The molecule has 1 aromatic carbocycles. The van der Waals surface area contributed by atoms with Gasteiger partial charge in [0.1, 0.15) is 11.6 Å². The van der Waals surface area contributed by atoms with Gasteiger partial charge in [0.05, 0.1) is 11.3 Å². The first-order valence-electron chi connectivity index (χ1n) is 8.98. The Hall–Kier alpha value is -2.21. The SMILES string of the molecule is Cc1nc(C)n(-c2ccc(C(=O)NCC3(O)CCCCCC3)cc2)n1. The number of hydrogen-bond acceptors (Lipinski definition) is 4. The highest BCUT2D eigenvalue weighted by Crippen LogP contribution is 2.26. The molecule has 1 heterocycles. The van der Waals surface area contributed by atoms with Gasteiger partial charge >= 0.3 is 0 Å². The molecular formula is C19H26N4O2. The van der Waals surface area contributed by atoms with Gasteiger partial charge in [-0.2, -0.15) is 5.10 Å². The third-order valence-electron chi connectivity index (χ3n) is 4.86. The lowest BCUT2D eigenvalue weighted by atomic mass is 9.94. The minimum Gasteiger partial charge on any atom is -0.388 e. The van der Waals surface area contributed by atoms with Gasteiger partial charge in [0.2, 0.25) is 0 Å². The van der Waals surface area contributed by atoms with Crippen LogP contribution in [-0.4, -0.2) is 37.9 Å². The van der Waals surface area contributed by atoms with Gasteiger partial charge in [0.25, 0.3) is 5.91 Å². The number of aliphatic hydroxyl groups is 1. The van der Waals surface area contributed by atoms with Crippen LogP contribution in [0, 0.1) is 13.8 Å². The summed E-state index contributed by atoms with van der Waals surface area (Å²) in [6.45, 7) is 4.06. The van der Waals surface area contributed by atoms with Crippen molar-refractivity contribution in [2.75, 3.05) is 6.54 Å². The number of nitrogens with zero attached hydrogens (tertiary/aromatic N) is 3. The van der Waals surface area contributed by atoms with E-state index in [2.05, 4.69) is 15.4 Å². The van der Waals surface area contributed by atoms with Gasteiger partial charge in [-0.05, 0) is 51.0 Å². The number of carbonyl (C=O) groups is 1. The van der Waals surface area contributed by atoms with Gasteiger partial charge in [0.15, 0.2) is 0 Å². The number of aryl methyl sites for hydroxylation is 2. The van der Waals surface area contributed by atoms with E-state index in [9.17, 15) is 9.90 Å². The summed E-state index contributed by atoms with van der Waals surface area (Å²) in [5, 5.41) is 17.9. The zero-order chi connectivity index (χ0) is 17.9. The molecule has 1 aromatic heterocycles. The van der Waals surface area contributed by atoms with E-state index >= 15 is 0 Å². The van der Waals surface area contributed by atoms with Gasteiger partial charge in [-0.3, -0.25) is 4.79 Å². The molecule has 0 spiro atoms. The Labute approximate surface area is 148 Å². The topological polar surface area (TPSA) is 80.0 Å². The van der Waals surface area contributed by atoms with Crippen LogP contribution in [0.4, 0.5) is 0 Å². The van der Waals surface area contributed by atoms with E-state index in [1.165, 1.54) is 12.8 Å². The van der Waals surface area contributed by atoms with E-state index in [4.69, 9.17) is 0 Å². The summed E-state index contributed by atoms with van der Waals surface area (Å²) in [4.78, 5) is 16.7. The molecule has 0 saturated heterocycles. The molecule has 1 saturated carbocycles. The Morgan fingerprint density at radius 3 is 2.36 bits per heavy atom. The summed E-state index contributed by atoms with van der Waals surface area (Å²) in [6, 6.07) is 7.27. The van der Waals surface area contributed by atoms with Crippen LogP contribution >= 0.6 is 0 Å². The smallest absolute Gasteiger partial charge is 0.251 e. The molecule has 25 heavy (non-hydrogen) atoms. The number of nitrogens with one attached hydrogen (secondary N) is 1. The molecule has 1 amide bonds. The quantitative estimate of drug-likeness (QED) is 0.837. The fourth-order valence-electron chi connectivity index (χ4n) is 3.43. The van der Waals surface area contributed by atoms with Gasteiger partial charge in [0, 0.05) is 12.1 Å². The standard InChI is InChI=1S/C19H26N4O2/c1-14-21-15(2)23(22-14)17-9-7-16(8-10-17)18(24)20-13-19(25)11-5-3-4-6-12-19/h7-10,25H,3-6,11-13H2,1-2H3,(H,20,24). The Kier molecular flexibility index (Phi) is 5.18. The minimum absolute atomic E-state index is 0.157. The summed E-state index contributed by atoms with van der Waals surface area (Å²) in [5.41, 5.74) is 0.689. The molecule has 6 heteroatoms. The molecule has 0 radical (unpaired) electrons. The molecule has 1 fully saturated rings. The van der Waals surface area contributed by atoms with Crippen molar-refractivity contribution in [1.82, 2.24) is 20.1 Å². The van der Waals surface area contributed by atoms with E-state index in [0.29, 0.717) is 12.1 Å². The lowest BCUT2D eigenvalue weighted by molar-refractivity contribution is 0.0246. The fourth-order valence-corrected chi connectivity index (χ4v) is 3.43. The highest BCUT2D eigenvalue weighted by molar-refractivity contribution is 5.94. The average Bonchev–Trinajstić information content (AvgIpc) is 2.80. The molecule has 0 bridgehead atoms. The molecule has 2 aromatic rings. The van der Waals surface area contributed by atoms with Crippen LogP contribution < -0.4 is 5.32 Å². The van der Waals surface area contributed by atoms with E-state index in [-0.39, 0.29) is 5.91 Å². The summed E-state index contributed by atoms with van der Waals surface area (Å²) < 4.78 is 1.76. The van der Waals surface area contributed by atoms with Gasteiger partial charge in [-0.15, -0.1) is 0 Å². The van der Waals surface area contributed by atoms with Crippen molar-refractivity contribution in [2.45, 2.75) is 58.0 Å². The molecule has 1 aliphatic carbocycles. The molecule has 2 N–H and O–H groups in total. The lowest BCUT2D eigenvalue weighted by Gasteiger charge is -2.26.